The van der Waals surface area contributed by atoms with E-state index >= 15 is 0 Å². The Morgan fingerprint density at radius 2 is 2.06 bits per heavy atom. The van der Waals surface area contributed by atoms with Gasteiger partial charge in [0, 0.05) is 18.1 Å². The summed E-state index contributed by atoms with van der Waals surface area (Å²) in [6.45, 7) is 0.877. The highest BCUT2D eigenvalue weighted by Gasteiger charge is 2.29. The molecule has 3 rings (SSSR count). The number of hydrogen-bond donors (Lipinski definition) is 0. The zero-order chi connectivity index (χ0) is 12.4. The van der Waals surface area contributed by atoms with Gasteiger partial charge in [0.25, 0.3) is 0 Å². The summed E-state index contributed by atoms with van der Waals surface area (Å²) >= 11 is 0. The first-order valence-corrected chi connectivity index (χ1v) is 7.08. The highest BCUT2D eigenvalue weighted by molar-refractivity contribution is 6.00. The Kier molecular flexibility index (Phi) is 3.46. The fourth-order valence-corrected chi connectivity index (χ4v) is 3.19. The molecule has 1 heterocycles. The molecule has 2 heteroatoms. The van der Waals surface area contributed by atoms with Crippen molar-refractivity contribution in [2.45, 2.75) is 44.6 Å². The normalized spacial score (nSPS) is 27.9. The van der Waals surface area contributed by atoms with Gasteiger partial charge in [-0.1, -0.05) is 24.3 Å². The summed E-state index contributed by atoms with van der Waals surface area (Å²) < 4.78 is 5.76. The third-order valence-corrected chi connectivity index (χ3v) is 4.24. The largest absolute Gasteiger partial charge is 0.378 e. The first-order valence-electron chi connectivity index (χ1n) is 7.08. The van der Waals surface area contributed by atoms with Crippen molar-refractivity contribution in [2.24, 2.45) is 5.92 Å². The van der Waals surface area contributed by atoms with Crippen molar-refractivity contribution in [3.05, 3.63) is 35.4 Å². The lowest BCUT2D eigenvalue weighted by atomic mass is 9.79. The molecule has 2 nitrogen and oxygen atoms in total. The SMILES string of the molecule is O=C1c2ccccc2CCC1CC1CCCCO1. The molecule has 0 aromatic heterocycles. The maximum absolute atomic E-state index is 12.4. The van der Waals surface area contributed by atoms with Crippen LogP contribution in [0.3, 0.4) is 0 Å². The van der Waals surface area contributed by atoms with E-state index < -0.39 is 0 Å². The zero-order valence-corrected chi connectivity index (χ0v) is 10.7. The predicted octanol–water partition coefficient (Wildman–Crippen LogP) is 3.39. The Labute approximate surface area is 108 Å². The summed E-state index contributed by atoms with van der Waals surface area (Å²) in [4.78, 5) is 12.4. The molecular weight excluding hydrogens is 224 g/mol. The van der Waals surface area contributed by atoms with Crippen molar-refractivity contribution in [1.29, 1.82) is 0 Å². The number of Topliss-reactive ketones (excluding diaryl/α,β-unsaturated/α-hetero) is 1. The Hall–Kier alpha value is -1.15. The molecule has 0 bridgehead atoms. The molecule has 18 heavy (non-hydrogen) atoms. The summed E-state index contributed by atoms with van der Waals surface area (Å²) in [6, 6.07) is 8.05. The second-order valence-corrected chi connectivity index (χ2v) is 5.48. The summed E-state index contributed by atoms with van der Waals surface area (Å²) in [5.41, 5.74) is 2.17. The minimum Gasteiger partial charge on any atom is -0.378 e. The van der Waals surface area contributed by atoms with Crippen LogP contribution in [0.25, 0.3) is 0 Å². The number of fused-ring (bicyclic) bond motifs is 1. The van der Waals surface area contributed by atoms with Gasteiger partial charge in [-0.2, -0.15) is 0 Å². The summed E-state index contributed by atoms with van der Waals surface area (Å²) in [6.07, 6.45) is 6.84. The van der Waals surface area contributed by atoms with Crippen LogP contribution in [0, 0.1) is 5.92 Å². The van der Waals surface area contributed by atoms with Crippen LogP contribution in [0.15, 0.2) is 24.3 Å². The van der Waals surface area contributed by atoms with E-state index in [1.165, 1.54) is 18.4 Å². The quantitative estimate of drug-likeness (QED) is 0.797. The van der Waals surface area contributed by atoms with Crippen molar-refractivity contribution in [2.75, 3.05) is 6.61 Å². The van der Waals surface area contributed by atoms with Gasteiger partial charge in [-0.15, -0.1) is 0 Å². The number of ether oxygens (including phenoxy) is 1. The third kappa shape index (κ3) is 2.35. The molecule has 1 saturated heterocycles. The molecule has 0 radical (unpaired) electrons. The van der Waals surface area contributed by atoms with Gasteiger partial charge >= 0.3 is 0 Å². The molecule has 1 aromatic carbocycles. The second-order valence-electron chi connectivity index (χ2n) is 5.48. The molecule has 0 spiro atoms. The number of carbonyl (C=O) groups excluding carboxylic acids is 1. The van der Waals surface area contributed by atoms with E-state index in [-0.39, 0.29) is 5.92 Å². The molecule has 96 valence electrons. The molecule has 1 aliphatic heterocycles. The Morgan fingerprint density at radius 1 is 1.17 bits per heavy atom. The minimum absolute atomic E-state index is 0.183. The van der Waals surface area contributed by atoms with Crippen molar-refractivity contribution < 1.29 is 9.53 Å². The summed E-state index contributed by atoms with van der Waals surface area (Å²) in [5, 5.41) is 0. The van der Waals surface area contributed by atoms with Gasteiger partial charge in [0.2, 0.25) is 0 Å². The number of benzene rings is 1. The molecule has 0 amide bonds. The smallest absolute Gasteiger partial charge is 0.166 e. The number of ketones is 1. The van der Waals surface area contributed by atoms with E-state index in [0.717, 1.165) is 37.9 Å². The molecular formula is C16H20O2. The van der Waals surface area contributed by atoms with Gasteiger partial charge < -0.3 is 4.74 Å². The lowest BCUT2D eigenvalue weighted by Gasteiger charge is -2.29. The van der Waals surface area contributed by atoms with Crippen LogP contribution in [0.2, 0.25) is 0 Å². The van der Waals surface area contributed by atoms with Gasteiger partial charge in [0.1, 0.15) is 0 Å². The topological polar surface area (TPSA) is 26.3 Å². The van der Waals surface area contributed by atoms with E-state index in [1.807, 2.05) is 18.2 Å². The fraction of sp³-hybridized carbons (Fsp3) is 0.562. The standard InChI is InChI=1S/C16H20O2/c17-16-13(11-14-6-3-4-10-18-14)9-8-12-5-1-2-7-15(12)16/h1-2,5,7,13-14H,3-4,6,8-11H2. The van der Waals surface area contributed by atoms with Gasteiger partial charge in [-0.3, -0.25) is 4.79 Å². The molecule has 2 aliphatic rings. The Balaban J connectivity index is 1.70. The van der Waals surface area contributed by atoms with E-state index in [9.17, 15) is 4.79 Å². The van der Waals surface area contributed by atoms with Crippen LogP contribution in [0.5, 0.6) is 0 Å². The number of rotatable bonds is 2. The maximum atomic E-state index is 12.4. The molecule has 2 unspecified atom stereocenters. The van der Waals surface area contributed by atoms with Gasteiger partial charge in [0.05, 0.1) is 6.10 Å². The Morgan fingerprint density at radius 3 is 2.89 bits per heavy atom. The zero-order valence-electron chi connectivity index (χ0n) is 10.7. The lowest BCUT2D eigenvalue weighted by Crippen LogP contribution is -2.29. The van der Waals surface area contributed by atoms with Crippen molar-refractivity contribution in [1.82, 2.24) is 0 Å². The van der Waals surface area contributed by atoms with Crippen molar-refractivity contribution >= 4 is 5.78 Å². The fourth-order valence-electron chi connectivity index (χ4n) is 3.19. The van der Waals surface area contributed by atoms with E-state index in [1.54, 1.807) is 0 Å². The summed E-state index contributed by atoms with van der Waals surface area (Å²) in [7, 11) is 0. The molecule has 1 fully saturated rings. The van der Waals surface area contributed by atoms with Crippen molar-refractivity contribution in [3.63, 3.8) is 0 Å². The van der Waals surface area contributed by atoms with Crippen LogP contribution in [0.4, 0.5) is 0 Å². The molecule has 0 saturated carbocycles. The Bertz CT molecular complexity index is 432. The monoisotopic (exact) mass is 244 g/mol. The first kappa shape index (κ1) is 11.9. The highest BCUT2D eigenvalue weighted by atomic mass is 16.5. The van der Waals surface area contributed by atoms with Gasteiger partial charge in [-0.05, 0) is 44.1 Å². The molecule has 0 N–H and O–H groups in total. The van der Waals surface area contributed by atoms with Gasteiger partial charge in [-0.25, -0.2) is 0 Å². The average molecular weight is 244 g/mol. The summed E-state index contributed by atoms with van der Waals surface area (Å²) in [5.74, 6) is 0.522. The third-order valence-electron chi connectivity index (χ3n) is 4.24. The van der Waals surface area contributed by atoms with Crippen LogP contribution in [-0.4, -0.2) is 18.5 Å². The van der Waals surface area contributed by atoms with Gasteiger partial charge in [0.15, 0.2) is 5.78 Å². The molecule has 1 aromatic rings. The highest BCUT2D eigenvalue weighted by Crippen LogP contribution is 2.30. The number of carbonyl (C=O) groups is 1. The second kappa shape index (κ2) is 5.23. The van der Waals surface area contributed by atoms with Crippen LogP contribution >= 0.6 is 0 Å². The van der Waals surface area contributed by atoms with E-state index in [4.69, 9.17) is 4.74 Å². The minimum atomic E-state index is 0.183. The number of aryl methyl sites for hydroxylation is 1. The van der Waals surface area contributed by atoms with Crippen LogP contribution in [0.1, 0.15) is 48.0 Å². The van der Waals surface area contributed by atoms with Crippen LogP contribution in [-0.2, 0) is 11.2 Å². The molecule has 2 atom stereocenters. The first-order chi connectivity index (χ1) is 8.84. The average Bonchev–Trinajstić information content (AvgIpc) is 2.43. The maximum Gasteiger partial charge on any atom is 0.166 e. The van der Waals surface area contributed by atoms with Crippen molar-refractivity contribution in [3.8, 4) is 0 Å². The van der Waals surface area contributed by atoms with E-state index in [0.29, 0.717) is 11.9 Å². The predicted molar refractivity (Wildman–Crippen MR) is 70.8 cm³/mol. The molecule has 1 aliphatic carbocycles. The lowest BCUT2D eigenvalue weighted by molar-refractivity contribution is 0.00142. The number of hydrogen-bond acceptors (Lipinski definition) is 2. The van der Waals surface area contributed by atoms with E-state index in [2.05, 4.69) is 6.07 Å². The van der Waals surface area contributed by atoms with Crippen LogP contribution < -0.4 is 0 Å².